The Hall–Kier alpha value is -1.32. The van der Waals surface area contributed by atoms with E-state index >= 15 is 0 Å². The molecule has 11 heavy (non-hydrogen) atoms. The monoisotopic (exact) mass is 151 g/mol. The molecular weight excluding hydrogens is 142 g/mol. The molecule has 0 aliphatic heterocycles. The Morgan fingerprint density at radius 2 is 2.00 bits per heavy atom. The van der Waals surface area contributed by atoms with E-state index in [1.165, 1.54) is 0 Å². The molecule has 0 fully saturated rings. The van der Waals surface area contributed by atoms with Crippen LogP contribution in [0, 0.1) is 13.8 Å². The number of imidazole rings is 1. The summed E-state index contributed by atoms with van der Waals surface area (Å²) in [5.74, 6) is 1.59. The van der Waals surface area contributed by atoms with E-state index in [1.807, 2.05) is 25.5 Å². The highest BCUT2D eigenvalue weighted by atomic mass is 16.4. The molecule has 2 rings (SSSR count). The molecule has 2 aromatic rings. The zero-order valence-electron chi connectivity index (χ0n) is 6.75. The first kappa shape index (κ1) is 6.39. The molecule has 0 spiro atoms. The number of rotatable bonds is 0. The Morgan fingerprint density at radius 1 is 1.27 bits per heavy atom. The van der Waals surface area contributed by atoms with Crippen LogP contribution in [-0.4, -0.2) is 14.5 Å². The van der Waals surface area contributed by atoms with Gasteiger partial charge in [0.1, 0.15) is 5.82 Å². The third kappa shape index (κ3) is 0.753. The van der Waals surface area contributed by atoms with Crippen molar-refractivity contribution in [2.24, 2.45) is 7.05 Å². The second kappa shape index (κ2) is 1.84. The molecule has 0 radical (unpaired) electrons. The van der Waals surface area contributed by atoms with Gasteiger partial charge in [0, 0.05) is 14.0 Å². The van der Waals surface area contributed by atoms with E-state index in [0.29, 0.717) is 11.6 Å². The summed E-state index contributed by atoms with van der Waals surface area (Å²) in [5, 5.41) is 0. The predicted molar refractivity (Wildman–Crippen MR) is 40.2 cm³/mol. The van der Waals surface area contributed by atoms with Crippen LogP contribution in [0.3, 0.4) is 0 Å². The van der Waals surface area contributed by atoms with Crippen LogP contribution in [0.5, 0.6) is 0 Å². The third-order valence-corrected chi connectivity index (χ3v) is 1.77. The van der Waals surface area contributed by atoms with Crippen molar-refractivity contribution in [1.82, 2.24) is 14.5 Å². The first-order chi connectivity index (χ1) is 5.18. The molecule has 2 heterocycles. The molecule has 4 heteroatoms. The largest absolute Gasteiger partial charge is 0.421 e. The first-order valence-corrected chi connectivity index (χ1v) is 3.45. The number of hydrogen-bond donors (Lipinski definition) is 0. The molecule has 58 valence electrons. The van der Waals surface area contributed by atoms with Gasteiger partial charge in [0.05, 0.1) is 0 Å². The molecule has 0 aromatic carbocycles. The van der Waals surface area contributed by atoms with Crippen LogP contribution in [0.15, 0.2) is 4.42 Å². The molecule has 0 atom stereocenters. The maximum Gasteiger partial charge on any atom is 0.266 e. The number of oxazole rings is 1. The lowest BCUT2D eigenvalue weighted by Crippen LogP contribution is -1.91. The normalized spacial score (nSPS) is 11.2. The number of nitrogens with zero attached hydrogens (tertiary/aromatic N) is 3. The van der Waals surface area contributed by atoms with E-state index in [4.69, 9.17) is 4.42 Å². The lowest BCUT2D eigenvalue weighted by atomic mass is 10.7. The average Bonchev–Trinajstić information content (AvgIpc) is 2.37. The number of fused-ring (bicyclic) bond motifs is 1. The fraction of sp³-hybridized carbons (Fsp3) is 0.429. The van der Waals surface area contributed by atoms with Crippen LogP contribution in [0.2, 0.25) is 0 Å². The van der Waals surface area contributed by atoms with E-state index in [-0.39, 0.29) is 0 Å². The van der Waals surface area contributed by atoms with Crippen molar-refractivity contribution in [3.8, 4) is 0 Å². The van der Waals surface area contributed by atoms with Gasteiger partial charge < -0.3 is 8.98 Å². The summed E-state index contributed by atoms with van der Waals surface area (Å²) in [4.78, 5) is 8.33. The molecule has 0 aliphatic carbocycles. The minimum Gasteiger partial charge on any atom is -0.421 e. The average molecular weight is 151 g/mol. The van der Waals surface area contributed by atoms with Gasteiger partial charge in [0.2, 0.25) is 5.65 Å². The van der Waals surface area contributed by atoms with Crippen molar-refractivity contribution in [2.75, 3.05) is 0 Å². The van der Waals surface area contributed by atoms with Crippen LogP contribution >= 0.6 is 0 Å². The summed E-state index contributed by atoms with van der Waals surface area (Å²) < 4.78 is 7.14. The molecule has 0 N–H and O–H groups in total. The Labute approximate surface area is 63.9 Å². The molecule has 0 bridgehead atoms. The first-order valence-electron chi connectivity index (χ1n) is 3.45. The smallest absolute Gasteiger partial charge is 0.266 e. The highest BCUT2D eigenvalue weighted by Gasteiger charge is 2.09. The topological polar surface area (TPSA) is 43.9 Å². The lowest BCUT2D eigenvalue weighted by Gasteiger charge is -1.90. The van der Waals surface area contributed by atoms with Gasteiger partial charge in [0.15, 0.2) is 5.89 Å². The second-order valence-electron chi connectivity index (χ2n) is 2.58. The van der Waals surface area contributed by atoms with Gasteiger partial charge in [0.25, 0.3) is 5.71 Å². The van der Waals surface area contributed by atoms with Gasteiger partial charge in [-0.3, -0.25) is 0 Å². The number of hydrogen-bond acceptors (Lipinski definition) is 3. The van der Waals surface area contributed by atoms with Gasteiger partial charge in [-0.15, -0.1) is 0 Å². The Morgan fingerprint density at radius 3 is 2.64 bits per heavy atom. The summed E-state index contributed by atoms with van der Waals surface area (Å²) in [6.45, 7) is 3.74. The summed E-state index contributed by atoms with van der Waals surface area (Å²) in [6.07, 6.45) is 0. The molecule has 0 saturated carbocycles. The predicted octanol–water partition coefficient (Wildman–Crippen LogP) is 1.18. The van der Waals surface area contributed by atoms with E-state index in [9.17, 15) is 0 Å². The minimum atomic E-state index is 0.627. The molecular formula is C7H9N3O. The summed E-state index contributed by atoms with van der Waals surface area (Å²) in [7, 11) is 1.92. The van der Waals surface area contributed by atoms with E-state index < -0.39 is 0 Å². The Balaban J connectivity index is 2.88. The van der Waals surface area contributed by atoms with Gasteiger partial charge in [-0.05, 0) is 6.92 Å². The maximum absolute atomic E-state index is 5.23. The van der Waals surface area contributed by atoms with Crippen LogP contribution in [0.1, 0.15) is 11.7 Å². The zero-order valence-corrected chi connectivity index (χ0v) is 6.75. The number of aromatic nitrogens is 3. The lowest BCUT2D eigenvalue weighted by molar-refractivity contribution is 0.550. The summed E-state index contributed by atoms with van der Waals surface area (Å²) in [5.41, 5.74) is 1.45. The molecule has 0 saturated heterocycles. The second-order valence-corrected chi connectivity index (χ2v) is 2.58. The van der Waals surface area contributed by atoms with E-state index in [0.717, 1.165) is 11.5 Å². The molecule has 0 unspecified atom stereocenters. The van der Waals surface area contributed by atoms with Crippen molar-refractivity contribution in [1.29, 1.82) is 0 Å². The Kier molecular flexibility index (Phi) is 1.07. The quantitative estimate of drug-likeness (QED) is 0.567. The Bertz CT molecular complexity index is 399. The van der Waals surface area contributed by atoms with Crippen LogP contribution < -0.4 is 0 Å². The van der Waals surface area contributed by atoms with E-state index in [1.54, 1.807) is 0 Å². The number of aryl methyl sites for hydroxylation is 3. The SMILES string of the molecule is Cc1nc2c(nc(C)n2C)o1. The molecule has 0 amide bonds. The zero-order chi connectivity index (χ0) is 8.01. The molecule has 4 nitrogen and oxygen atoms in total. The van der Waals surface area contributed by atoms with Gasteiger partial charge in [-0.25, -0.2) is 0 Å². The van der Waals surface area contributed by atoms with Crippen LogP contribution in [-0.2, 0) is 7.05 Å². The van der Waals surface area contributed by atoms with Crippen LogP contribution in [0.4, 0.5) is 0 Å². The van der Waals surface area contributed by atoms with Crippen molar-refractivity contribution in [3.05, 3.63) is 11.7 Å². The van der Waals surface area contributed by atoms with Gasteiger partial charge in [-0.1, -0.05) is 0 Å². The fourth-order valence-electron chi connectivity index (χ4n) is 1.07. The third-order valence-electron chi connectivity index (χ3n) is 1.77. The van der Waals surface area contributed by atoms with Gasteiger partial charge >= 0.3 is 0 Å². The van der Waals surface area contributed by atoms with Crippen molar-refractivity contribution in [3.63, 3.8) is 0 Å². The minimum absolute atomic E-state index is 0.627. The van der Waals surface area contributed by atoms with Crippen molar-refractivity contribution >= 4 is 11.4 Å². The van der Waals surface area contributed by atoms with Crippen LogP contribution in [0.25, 0.3) is 11.4 Å². The fourth-order valence-corrected chi connectivity index (χ4v) is 1.07. The van der Waals surface area contributed by atoms with Crippen molar-refractivity contribution in [2.45, 2.75) is 13.8 Å². The standard InChI is InChI=1S/C7H9N3O/c1-4-8-7-6(10(4)3)9-5(2)11-7/h1-3H3. The van der Waals surface area contributed by atoms with Crippen molar-refractivity contribution < 1.29 is 4.42 Å². The highest BCUT2D eigenvalue weighted by molar-refractivity contribution is 5.64. The maximum atomic E-state index is 5.23. The van der Waals surface area contributed by atoms with Gasteiger partial charge in [-0.2, -0.15) is 9.97 Å². The van der Waals surface area contributed by atoms with E-state index in [2.05, 4.69) is 9.97 Å². The summed E-state index contributed by atoms with van der Waals surface area (Å²) in [6, 6.07) is 0. The molecule has 0 aliphatic rings. The summed E-state index contributed by atoms with van der Waals surface area (Å²) >= 11 is 0. The highest BCUT2D eigenvalue weighted by Crippen LogP contribution is 2.13. The molecule has 2 aromatic heterocycles.